The fourth-order valence-corrected chi connectivity index (χ4v) is 2.63. The van der Waals surface area contributed by atoms with Crippen molar-refractivity contribution >= 4 is 17.4 Å². The summed E-state index contributed by atoms with van der Waals surface area (Å²) in [6.45, 7) is 1.63. The SMILES string of the molecule is N#Cc1cnc(SC2CCOCC2)c(N)c1. The van der Waals surface area contributed by atoms with Crippen LogP contribution in [0.1, 0.15) is 18.4 Å². The lowest BCUT2D eigenvalue weighted by atomic mass is 10.2. The van der Waals surface area contributed by atoms with Gasteiger partial charge in [0.2, 0.25) is 0 Å². The molecule has 0 amide bonds. The van der Waals surface area contributed by atoms with E-state index in [-0.39, 0.29) is 0 Å². The smallest absolute Gasteiger partial charge is 0.119 e. The Bertz CT molecular complexity index is 410. The molecule has 0 aromatic carbocycles. The van der Waals surface area contributed by atoms with E-state index in [2.05, 4.69) is 4.98 Å². The number of ether oxygens (including phenoxy) is 1. The number of aromatic nitrogens is 1. The number of nitrogens with zero attached hydrogens (tertiary/aromatic N) is 2. The molecule has 1 saturated heterocycles. The van der Waals surface area contributed by atoms with Crippen LogP contribution in [0.15, 0.2) is 17.3 Å². The highest BCUT2D eigenvalue weighted by Crippen LogP contribution is 2.31. The van der Waals surface area contributed by atoms with Crippen molar-refractivity contribution in [2.45, 2.75) is 23.1 Å². The van der Waals surface area contributed by atoms with Gasteiger partial charge in [0.25, 0.3) is 0 Å². The Morgan fingerprint density at radius 3 is 2.88 bits per heavy atom. The number of pyridine rings is 1. The van der Waals surface area contributed by atoms with Gasteiger partial charge in [-0.3, -0.25) is 0 Å². The summed E-state index contributed by atoms with van der Waals surface area (Å²) in [5.74, 6) is 0. The molecule has 0 atom stereocenters. The van der Waals surface area contributed by atoms with Gasteiger partial charge in [-0.15, -0.1) is 11.8 Å². The summed E-state index contributed by atoms with van der Waals surface area (Å²) in [7, 11) is 0. The maximum Gasteiger partial charge on any atom is 0.119 e. The van der Waals surface area contributed by atoms with Crippen molar-refractivity contribution in [3.8, 4) is 6.07 Å². The lowest BCUT2D eigenvalue weighted by Gasteiger charge is -2.21. The number of hydrogen-bond donors (Lipinski definition) is 1. The number of anilines is 1. The summed E-state index contributed by atoms with van der Waals surface area (Å²) in [4.78, 5) is 4.22. The third kappa shape index (κ3) is 2.65. The van der Waals surface area contributed by atoms with E-state index in [1.165, 1.54) is 0 Å². The minimum Gasteiger partial charge on any atom is -0.397 e. The van der Waals surface area contributed by atoms with Crippen LogP contribution >= 0.6 is 11.8 Å². The topological polar surface area (TPSA) is 71.9 Å². The summed E-state index contributed by atoms with van der Waals surface area (Å²) in [5, 5.41) is 10.1. The summed E-state index contributed by atoms with van der Waals surface area (Å²) in [5.41, 5.74) is 6.95. The number of hydrogen-bond acceptors (Lipinski definition) is 5. The summed E-state index contributed by atoms with van der Waals surface area (Å²) in [6.07, 6.45) is 3.63. The molecule has 16 heavy (non-hydrogen) atoms. The normalized spacial score (nSPS) is 16.9. The molecule has 1 aromatic rings. The molecule has 1 aliphatic heterocycles. The van der Waals surface area contributed by atoms with Crippen LogP contribution < -0.4 is 5.73 Å². The molecule has 2 heterocycles. The van der Waals surface area contributed by atoms with Gasteiger partial charge in [0.1, 0.15) is 11.1 Å². The molecule has 1 aromatic heterocycles. The van der Waals surface area contributed by atoms with Gasteiger partial charge in [0.05, 0.1) is 11.3 Å². The summed E-state index contributed by atoms with van der Waals surface area (Å²) < 4.78 is 5.30. The Morgan fingerprint density at radius 1 is 1.50 bits per heavy atom. The summed E-state index contributed by atoms with van der Waals surface area (Å²) >= 11 is 1.68. The number of nitrogens with two attached hydrogens (primary N) is 1. The highest BCUT2D eigenvalue weighted by molar-refractivity contribution is 8.00. The van der Waals surface area contributed by atoms with Crippen molar-refractivity contribution in [1.29, 1.82) is 5.26 Å². The third-order valence-electron chi connectivity index (χ3n) is 2.45. The highest BCUT2D eigenvalue weighted by atomic mass is 32.2. The fourth-order valence-electron chi connectivity index (χ4n) is 1.58. The van der Waals surface area contributed by atoms with Crippen LogP contribution in [0.4, 0.5) is 5.69 Å². The van der Waals surface area contributed by atoms with Crippen LogP contribution in [0.3, 0.4) is 0 Å². The van der Waals surface area contributed by atoms with E-state index in [1.807, 2.05) is 6.07 Å². The van der Waals surface area contributed by atoms with Crippen molar-refractivity contribution in [1.82, 2.24) is 4.98 Å². The van der Waals surface area contributed by atoms with Gasteiger partial charge in [-0.25, -0.2) is 4.98 Å². The average molecular weight is 235 g/mol. The molecule has 0 radical (unpaired) electrons. The Balaban J connectivity index is 2.06. The Morgan fingerprint density at radius 2 is 2.25 bits per heavy atom. The zero-order chi connectivity index (χ0) is 11.4. The lowest BCUT2D eigenvalue weighted by molar-refractivity contribution is 0.1000. The quantitative estimate of drug-likeness (QED) is 0.846. The predicted octanol–water partition coefficient (Wildman–Crippen LogP) is 1.81. The number of thioether (sulfide) groups is 1. The molecule has 0 saturated carbocycles. The maximum absolute atomic E-state index is 8.71. The molecule has 0 unspecified atom stereocenters. The molecule has 0 spiro atoms. The van der Waals surface area contributed by atoms with E-state index in [9.17, 15) is 0 Å². The van der Waals surface area contributed by atoms with Gasteiger partial charge < -0.3 is 10.5 Å². The van der Waals surface area contributed by atoms with E-state index in [4.69, 9.17) is 15.7 Å². The Labute approximate surface area is 98.8 Å². The van der Waals surface area contributed by atoms with Crippen LogP contribution in [0.25, 0.3) is 0 Å². The average Bonchev–Trinajstić information content (AvgIpc) is 2.33. The third-order valence-corrected chi connectivity index (χ3v) is 3.82. The van der Waals surface area contributed by atoms with Gasteiger partial charge in [-0.2, -0.15) is 5.26 Å². The molecule has 5 heteroatoms. The minimum absolute atomic E-state index is 0.508. The second-order valence-corrected chi connectivity index (χ2v) is 4.95. The number of nitriles is 1. The van der Waals surface area contributed by atoms with E-state index >= 15 is 0 Å². The first-order valence-electron chi connectivity index (χ1n) is 5.19. The van der Waals surface area contributed by atoms with Crippen molar-refractivity contribution in [3.63, 3.8) is 0 Å². The Hall–Kier alpha value is -1.25. The molecule has 2 rings (SSSR count). The van der Waals surface area contributed by atoms with Crippen LogP contribution in [0.2, 0.25) is 0 Å². The van der Waals surface area contributed by atoms with Crippen molar-refractivity contribution < 1.29 is 4.74 Å². The van der Waals surface area contributed by atoms with E-state index < -0.39 is 0 Å². The van der Waals surface area contributed by atoms with Gasteiger partial charge in [0, 0.05) is 24.7 Å². The largest absolute Gasteiger partial charge is 0.397 e. The highest BCUT2D eigenvalue weighted by Gasteiger charge is 2.17. The minimum atomic E-state index is 0.508. The molecule has 4 nitrogen and oxygen atoms in total. The van der Waals surface area contributed by atoms with E-state index in [0.29, 0.717) is 16.5 Å². The fraction of sp³-hybridized carbons (Fsp3) is 0.455. The first kappa shape index (κ1) is 11.2. The molecule has 1 fully saturated rings. The first-order valence-corrected chi connectivity index (χ1v) is 6.07. The maximum atomic E-state index is 8.71. The monoisotopic (exact) mass is 235 g/mol. The van der Waals surface area contributed by atoms with E-state index in [1.54, 1.807) is 24.0 Å². The zero-order valence-corrected chi connectivity index (χ0v) is 9.67. The van der Waals surface area contributed by atoms with Crippen molar-refractivity contribution in [2.75, 3.05) is 18.9 Å². The number of rotatable bonds is 2. The first-order chi connectivity index (χ1) is 7.79. The van der Waals surface area contributed by atoms with Crippen LogP contribution in [0.5, 0.6) is 0 Å². The molecule has 1 aliphatic rings. The second kappa shape index (κ2) is 5.19. The summed E-state index contributed by atoms with van der Waals surface area (Å²) in [6, 6.07) is 3.70. The number of nitrogen functional groups attached to an aromatic ring is 1. The van der Waals surface area contributed by atoms with Gasteiger partial charge >= 0.3 is 0 Å². The molecular formula is C11H13N3OS. The van der Waals surface area contributed by atoms with Crippen LogP contribution in [0, 0.1) is 11.3 Å². The van der Waals surface area contributed by atoms with Crippen molar-refractivity contribution in [3.05, 3.63) is 17.8 Å². The van der Waals surface area contributed by atoms with E-state index in [0.717, 1.165) is 31.1 Å². The van der Waals surface area contributed by atoms with Crippen molar-refractivity contribution in [2.24, 2.45) is 0 Å². The standard InChI is InChI=1S/C11H13N3OS/c12-6-8-5-10(13)11(14-7-8)16-9-1-3-15-4-2-9/h5,7,9H,1-4,13H2. The molecule has 0 aliphatic carbocycles. The predicted molar refractivity (Wildman–Crippen MR) is 63.1 cm³/mol. The Kier molecular flexibility index (Phi) is 3.65. The van der Waals surface area contributed by atoms with Gasteiger partial charge in [-0.05, 0) is 18.9 Å². The molecular weight excluding hydrogens is 222 g/mol. The van der Waals surface area contributed by atoms with Crippen LogP contribution in [-0.2, 0) is 4.74 Å². The molecule has 84 valence electrons. The second-order valence-electron chi connectivity index (χ2n) is 3.66. The zero-order valence-electron chi connectivity index (χ0n) is 8.85. The van der Waals surface area contributed by atoms with Gasteiger partial charge in [-0.1, -0.05) is 0 Å². The molecule has 2 N–H and O–H groups in total. The molecule has 0 bridgehead atoms. The van der Waals surface area contributed by atoms with Gasteiger partial charge in [0.15, 0.2) is 0 Å². The van der Waals surface area contributed by atoms with Crippen LogP contribution in [-0.4, -0.2) is 23.4 Å². The lowest BCUT2D eigenvalue weighted by Crippen LogP contribution is -2.17.